The molecule has 0 unspecified atom stereocenters. The van der Waals surface area contributed by atoms with E-state index < -0.39 is 16.6 Å². The van der Waals surface area contributed by atoms with Gasteiger partial charge >= 0.3 is 0 Å². The van der Waals surface area contributed by atoms with Crippen LogP contribution in [0.5, 0.6) is 0 Å². The molecule has 0 N–H and O–H groups in total. The highest BCUT2D eigenvalue weighted by Crippen LogP contribution is 2.28. The maximum atomic E-state index is 6.36. The molecule has 0 radical (unpaired) electrons. The summed E-state index contributed by atoms with van der Waals surface area (Å²) in [5, 5.41) is 0. The van der Waals surface area contributed by atoms with Gasteiger partial charge in [0.05, 0.1) is 12.7 Å². The molecule has 23 heavy (non-hydrogen) atoms. The van der Waals surface area contributed by atoms with E-state index in [1.165, 1.54) is 0 Å². The molecule has 0 aliphatic heterocycles. The number of rotatable bonds is 13. The fourth-order valence-electron chi connectivity index (χ4n) is 2.83. The monoisotopic (exact) mass is 358 g/mol. The van der Waals surface area contributed by atoms with Gasteiger partial charge in [0, 0.05) is 0 Å². The van der Waals surface area contributed by atoms with E-state index in [0.717, 1.165) is 36.3 Å². The Balaban J connectivity index is 5.21. The van der Waals surface area contributed by atoms with Crippen molar-refractivity contribution in [3.8, 4) is 0 Å². The van der Waals surface area contributed by atoms with Crippen molar-refractivity contribution in [3.63, 3.8) is 0 Å². The van der Waals surface area contributed by atoms with Gasteiger partial charge in [-0.25, -0.2) is 0 Å². The Labute approximate surface area is 146 Å². The zero-order chi connectivity index (χ0) is 17.9. The standard InChI is InChI=1S/C18H38O3Si2/c1-9-19-18(21-23(13-5,14-6)15-7)16-17(8)20-22(10-2,11-3)12-4/h16H,8-15H2,1-7H3/b18-16+. The molecule has 0 saturated heterocycles. The maximum Gasteiger partial charge on any atom is 0.268 e. The first-order chi connectivity index (χ1) is 10.9. The molecule has 0 bridgehead atoms. The van der Waals surface area contributed by atoms with Crippen LogP contribution in [0.2, 0.25) is 36.3 Å². The van der Waals surface area contributed by atoms with Crippen LogP contribution >= 0.6 is 0 Å². The summed E-state index contributed by atoms with van der Waals surface area (Å²) in [4.78, 5) is 0. The zero-order valence-corrected chi connectivity index (χ0v) is 18.5. The first kappa shape index (κ1) is 22.3. The number of hydrogen-bond acceptors (Lipinski definition) is 3. The normalized spacial score (nSPS) is 12.9. The molecule has 5 heteroatoms. The Bertz CT molecular complexity index is 356. The second-order valence-corrected chi connectivity index (χ2v) is 15.4. The van der Waals surface area contributed by atoms with E-state index >= 15 is 0 Å². The number of ether oxygens (including phenoxy) is 1. The molecule has 0 rings (SSSR count). The van der Waals surface area contributed by atoms with Crippen LogP contribution in [0.4, 0.5) is 0 Å². The number of allylic oxidation sites excluding steroid dienone is 1. The Morgan fingerprint density at radius 3 is 1.48 bits per heavy atom. The van der Waals surface area contributed by atoms with Crippen LogP contribution in [-0.4, -0.2) is 23.2 Å². The highest BCUT2D eigenvalue weighted by atomic mass is 28.4. The first-order valence-electron chi connectivity index (χ1n) is 9.31. The summed E-state index contributed by atoms with van der Waals surface area (Å²) in [6.45, 7) is 20.0. The van der Waals surface area contributed by atoms with Gasteiger partial charge in [0.2, 0.25) is 8.32 Å². The highest BCUT2D eigenvalue weighted by molar-refractivity contribution is 6.74. The Kier molecular flexibility index (Phi) is 10.6. The molecule has 0 aromatic rings. The van der Waals surface area contributed by atoms with Gasteiger partial charge < -0.3 is 13.6 Å². The van der Waals surface area contributed by atoms with Crippen LogP contribution in [-0.2, 0) is 13.6 Å². The highest BCUT2D eigenvalue weighted by Gasteiger charge is 2.33. The fraction of sp³-hybridized carbons (Fsp3) is 0.778. The molecule has 0 spiro atoms. The summed E-state index contributed by atoms with van der Waals surface area (Å²) in [6.07, 6.45) is 1.87. The van der Waals surface area contributed by atoms with Crippen LogP contribution < -0.4 is 0 Å². The first-order valence-corrected chi connectivity index (χ1v) is 14.4. The maximum absolute atomic E-state index is 6.36. The molecule has 3 nitrogen and oxygen atoms in total. The van der Waals surface area contributed by atoms with Gasteiger partial charge in [0.1, 0.15) is 5.76 Å². The van der Waals surface area contributed by atoms with Crippen molar-refractivity contribution in [3.05, 3.63) is 24.4 Å². The molecule has 0 atom stereocenters. The van der Waals surface area contributed by atoms with E-state index in [1.807, 2.05) is 13.0 Å². The third kappa shape index (κ3) is 6.75. The van der Waals surface area contributed by atoms with Crippen molar-refractivity contribution < 1.29 is 13.6 Å². The summed E-state index contributed by atoms with van der Waals surface area (Å²) >= 11 is 0. The van der Waals surface area contributed by atoms with Crippen LogP contribution in [0.1, 0.15) is 48.5 Å². The summed E-state index contributed by atoms with van der Waals surface area (Å²) in [5.74, 6) is 1.29. The van der Waals surface area contributed by atoms with Crippen molar-refractivity contribution in [2.24, 2.45) is 0 Å². The van der Waals surface area contributed by atoms with Gasteiger partial charge in [-0.1, -0.05) is 48.1 Å². The Hall–Kier alpha value is -0.686. The van der Waals surface area contributed by atoms with E-state index in [0.29, 0.717) is 18.3 Å². The largest absolute Gasteiger partial charge is 0.544 e. The Morgan fingerprint density at radius 1 is 0.739 bits per heavy atom. The molecule has 0 aliphatic carbocycles. The predicted octanol–water partition coefficient (Wildman–Crippen LogP) is 6.42. The van der Waals surface area contributed by atoms with Gasteiger partial charge in [-0.15, -0.1) is 0 Å². The second-order valence-electron chi connectivity index (χ2n) is 6.05. The van der Waals surface area contributed by atoms with Crippen LogP contribution in [0.3, 0.4) is 0 Å². The van der Waals surface area contributed by atoms with Crippen molar-refractivity contribution in [2.75, 3.05) is 6.61 Å². The molecule has 0 aromatic carbocycles. The smallest absolute Gasteiger partial charge is 0.268 e. The lowest BCUT2D eigenvalue weighted by molar-refractivity contribution is 0.108. The van der Waals surface area contributed by atoms with Crippen LogP contribution in [0.15, 0.2) is 24.4 Å². The predicted molar refractivity (Wildman–Crippen MR) is 105 cm³/mol. The van der Waals surface area contributed by atoms with Gasteiger partial charge in [-0.2, -0.15) is 0 Å². The van der Waals surface area contributed by atoms with E-state index in [4.69, 9.17) is 13.6 Å². The average Bonchev–Trinajstić information content (AvgIpc) is 2.58. The lowest BCUT2D eigenvalue weighted by Crippen LogP contribution is -2.36. The third-order valence-corrected chi connectivity index (χ3v) is 14.2. The van der Waals surface area contributed by atoms with Crippen molar-refractivity contribution >= 4 is 16.6 Å². The second kappa shape index (κ2) is 11.0. The third-order valence-electron chi connectivity index (χ3n) is 5.10. The SMILES string of the molecule is C=C(/C=C(\OCC)O[Si](CC)(CC)CC)O[Si](CC)(CC)CC. The Morgan fingerprint density at radius 2 is 1.13 bits per heavy atom. The van der Waals surface area contributed by atoms with Crippen molar-refractivity contribution in [1.82, 2.24) is 0 Å². The van der Waals surface area contributed by atoms with Gasteiger partial charge in [0.25, 0.3) is 14.3 Å². The van der Waals surface area contributed by atoms with E-state index in [9.17, 15) is 0 Å². The minimum absolute atomic E-state index is 0.596. The molecular formula is C18H38O3Si2. The lowest BCUT2D eigenvalue weighted by Gasteiger charge is -2.31. The van der Waals surface area contributed by atoms with Crippen LogP contribution in [0.25, 0.3) is 0 Å². The quantitative estimate of drug-likeness (QED) is 0.216. The molecule has 0 heterocycles. The van der Waals surface area contributed by atoms with E-state index in [2.05, 4.69) is 48.1 Å². The van der Waals surface area contributed by atoms with Crippen molar-refractivity contribution in [2.45, 2.75) is 84.7 Å². The fourth-order valence-corrected chi connectivity index (χ4v) is 7.85. The molecule has 0 aromatic heterocycles. The lowest BCUT2D eigenvalue weighted by atomic mass is 10.5. The topological polar surface area (TPSA) is 27.7 Å². The van der Waals surface area contributed by atoms with Crippen molar-refractivity contribution in [1.29, 1.82) is 0 Å². The molecule has 0 amide bonds. The van der Waals surface area contributed by atoms with Gasteiger partial charge in [0.15, 0.2) is 0 Å². The minimum atomic E-state index is -1.75. The van der Waals surface area contributed by atoms with Gasteiger partial charge in [-0.05, 0) is 43.2 Å². The zero-order valence-electron chi connectivity index (χ0n) is 16.5. The molecule has 0 aliphatic rings. The van der Waals surface area contributed by atoms with E-state index in [-0.39, 0.29) is 0 Å². The summed E-state index contributed by atoms with van der Waals surface area (Å²) in [7, 11) is -3.44. The number of hydrogen-bond donors (Lipinski definition) is 0. The molecule has 0 fully saturated rings. The summed E-state index contributed by atoms with van der Waals surface area (Å²) in [5.41, 5.74) is 0. The van der Waals surface area contributed by atoms with E-state index in [1.54, 1.807) is 0 Å². The van der Waals surface area contributed by atoms with Crippen LogP contribution in [0, 0.1) is 0 Å². The average molecular weight is 359 g/mol. The summed E-state index contributed by atoms with van der Waals surface area (Å²) < 4.78 is 18.4. The molecule has 136 valence electrons. The minimum Gasteiger partial charge on any atom is -0.544 e. The van der Waals surface area contributed by atoms with Gasteiger partial charge in [-0.3, -0.25) is 0 Å². The molecular weight excluding hydrogens is 320 g/mol. The molecule has 0 saturated carbocycles. The summed E-state index contributed by atoms with van der Waals surface area (Å²) in [6, 6.07) is 6.60.